The third kappa shape index (κ3) is 4.28. The molecular formula is C14H26N4O. The Morgan fingerprint density at radius 3 is 2.95 bits per heavy atom. The molecule has 0 spiro atoms. The Labute approximate surface area is 115 Å². The van der Waals surface area contributed by atoms with Gasteiger partial charge in [0.1, 0.15) is 0 Å². The highest BCUT2D eigenvalue weighted by molar-refractivity contribution is 4.87. The first-order chi connectivity index (χ1) is 9.19. The van der Waals surface area contributed by atoms with Gasteiger partial charge in [0, 0.05) is 25.0 Å². The van der Waals surface area contributed by atoms with Gasteiger partial charge >= 0.3 is 0 Å². The van der Waals surface area contributed by atoms with Crippen molar-refractivity contribution in [2.75, 3.05) is 19.6 Å². The monoisotopic (exact) mass is 266 g/mol. The fourth-order valence-corrected chi connectivity index (χ4v) is 2.77. The second kappa shape index (κ2) is 7.01. The third-order valence-corrected chi connectivity index (χ3v) is 3.88. The zero-order valence-corrected chi connectivity index (χ0v) is 12.4. The van der Waals surface area contributed by atoms with Crippen LogP contribution in [0.4, 0.5) is 0 Å². The molecule has 1 aromatic heterocycles. The predicted octanol–water partition coefficient (Wildman–Crippen LogP) is 1.77. The van der Waals surface area contributed by atoms with Gasteiger partial charge in [-0.1, -0.05) is 12.1 Å². The second-order valence-electron chi connectivity index (χ2n) is 5.55. The van der Waals surface area contributed by atoms with Gasteiger partial charge < -0.3 is 14.7 Å². The molecule has 1 saturated heterocycles. The zero-order chi connectivity index (χ0) is 13.7. The first kappa shape index (κ1) is 14.5. The van der Waals surface area contributed by atoms with Gasteiger partial charge in [-0.15, -0.1) is 0 Å². The van der Waals surface area contributed by atoms with Crippen LogP contribution in [0, 0.1) is 6.92 Å². The van der Waals surface area contributed by atoms with E-state index in [0.29, 0.717) is 12.1 Å². The Hall–Kier alpha value is -0.940. The van der Waals surface area contributed by atoms with Gasteiger partial charge in [-0.25, -0.2) is 0 Å². The van der Waals surface area contributed by atoms with Crippen LogP contribution in [0.5, 0.6) is 0 Å². The normalized spacial score (nSPS) is 24.8. The van der Waals surface area contributed by atoms with E-state index in [4.69, 9.17) is 4.52 Å². The highest BCUT2D eigenvalue weighted by Crippen LogP contribution is 2.17. The van der Waals surface area contributed by atoms with Gasteiger partial charge in [0.15, 0.2) is 5.82 Å². The average molecular weight is 266 g/mol. The number of nitrogens with one attached hydrogen (secondary N) is 1. The quantitative estimate of drug-likeness (QED) is 0.850. The van der Waals surface area contributed by atoms with Crippen LogP contribution >= 0.6 is 0 Å². The van der Waals surface area contributed by atoms with Crippen LogP contribution in [-0.4, -0.2) is 46.8 Å². The smallest absolute Gasteiger partial charge is 0.227 e. The van der Waals surface area contributed by atoms with Gasteiger partial charge in [-0.05, 0) is 46.2 Å². The molecule has 0 aromatic carbocycles. The molecule has 2 unspecified atom stereocenters. The Bertz CT molecular complexity index is 379. The van der Waals surface area contributed by atoms with Crippen LogP contribution in [0.2, 0.25) is 0 Å². The van der Waals surface area contributed by atoms with E-state index in [9.17, 15) is 0 Å². The minimum atomic E-state index is 0.632. The third-order valence-electron chi connectivity index (χ3n) is 3.88. The van der Waals surface area contributed by atoms with Gasteiger partial charge in [-0.2, -0.15) is 4.98 Å². The van der Waals surface area contributed by atoms with Crippen molar-refractivity contribution in [3.63, 3.8) is 0 Å². The van der Waals surface area contributed by atoms with Crippen molar-refractivity contribution in [3.8, 4) is 0 Å². The van der Waals surface area contributed by atoms with E-state index in [1.807, 2.05) is 6.92 Å². The zero-order valence-electron chi connectivity index (χ0n) is 12.4. The predicted molar refractivity (Wildman–Crippen MR) is 75.1 cm³/mol. The molecule has 0 bridgehead atoms. The lowest BCUT2D eigenvalue weighted by Gasteiger charge is -2.37. The maximum Gasteiger partial charge on any atom is 0.227 e. The lowest BCUT2D eigenvalue weighted by molar-refractivity contribution is 0.134. The molecule has 19 heavy (non-hydrogen) atoms. The maximum atomic E-state index is 5.16. The molecule has 0 radical (unpaired) electrons. The Morgan fingerprint density at radius 2 is 2.32 bits per heavy atom. The molecule has 0 saturated carbocycles. The number of likely N-dealkylation sites (tertiary alicyclic amines) is 1. The van der Waals surface area contributed by atoms with Crippen molar-refractivity contribution in [1.82, 2.24) is 20.4 Å². The SMILES string of the molecule is CCCNC1CCN(CCc2nc(C)no2)C(C)C1. The molecule has 5 heteroatoms. The minimum Gasteiger partial charge on any atom is -0.339 e. The number of nitrogens with zero attached hydrogens (tertiary/aromatic N) is 3. The highest BCUT2D eigenvalue weighted by Gasteiger charge is 2.24. The minimum absolute atomic E-state index is 0.632. The van der Waals surface area contributed by atoms with Gasteiger partial charge in [-0.3, -0.25) is 0 Å². The molecule has 108 valence electrons. The van der Waals surface area contributed by atoms with Crippen molar-refractivity contribution in [2.24, 2.45) is 0 Å². The van der Waals surface area contributed by atoms with Crippen molar-refractivity contribution >= 4 is 0 Å². The van der Waals surface area contributed by atoms with E-state index < -0.39 is 0 Å². The first-order valence-corrected chi connectivity index (χ1v) is 7.45. The van der Waals surface area contributed by atoms with Gasteiger partial charge in [0.2, 0.25) is 5.89 Å². The van der Waals surface area contributed by atoms with Crippen LogP contribution in [-0.2, 0) is 6.42 Å². The summed E-state index contributed by atoms with van der Waals surface area (Å²) in [6.45, 7) is 9.72. The summed E-state index contributed by atoms with van der Waals surface area (Å²) in [5.41, 5.74) is 0. The molecule has 0 aliphatic carbocycles. The Kier molecular flexibility index (Phi) is 5.34. The van der Waals surface area contributed by atoms with E-state index in [2.05, 4.69) is 34.2 Å². The number of hydrogen-bond acceptors (Lipinski definition) is 5. The summed E-state index contributed by atoms with van der Waals surface area (Å²) >= 11 is 0. The molecule has 1 aliphatic heterocycles. The van der Waals surface area contributed by atoms with E-state index in [0.717, 1.165) is 37.8 Å². The summed E-state index contributed by atoms with van der Waals surface area (Å²) in [7, 11) is 0. The molecule has 0 amide bonds. The van der Waals surface area contributed by atoms with Crippen LogP contribution in [0.25, 0.3) is 0 Å². The fraction of sp³-hybridized carbons (Fsp3) is 0.857. The summed E-state index contributed by atoms with van der Waals surface area (Å²) < 4.78 is 5.16. The topological polar surface area (TPSA) is 54.2 Å². The van der Waals surface area contributed by atoms with E-state index in [1.54, 1.807) is 0 Å². The van der Waals surface area contributed by atoms with Crippen molar-refractivity contribution in [2.45, 2.75) is 58.5 Å². The summed E-state index contributed by atoms with van der Waals surface area (Å²) in [4.78, 5) is 6.79. The Morgan fingerprint density at radius 1 is 1.47 bits per heavy atom. The van der Waals surface area contributed by atoms with E-state index in [-0.39, 0.29) is 0 Å². The van der Waals surface area contributed by atoms with Crippen LogP contribution in [0.1, 0.15) is 44.8 Å². The number of rotatable bonds is 6. The molecule has 1 N–H and O–H groups in total. The summed E-state index contributed by atoms with van der Waals surface area (Å²) in [5.74, 6) is 1.49. The highest BCUT2D eigenvalue weighted by atomic mass is 16.5. The number of piperidine rings is 1. The number of aromatic nitrogens is 2. The summed E-state index contributed by atoms with van der Waals surface area (Å²) in [6, 6.07) is 1.32. The fourth-order valence-electron chi connectivity index (χ4n) is 2.77. The van der Waals surface area contributed by atoms with Crippen molar-refractivity contribution in [1.29, 1.82) is 0 Å². The maximum absolute atomic E-state index is 5.16. The van der Waals surface area contributed by atoms with Gasteiger partial charge in [0.05, 0.1) is 0 Å². The molecule has 2 heterocycles. The molecular weight excluding hydrogens is 240 g/mol. The van der Waals surface area contributed by atoms with Crippen molar-refractivity contribution in [3.05, 3.63) is 11.7 Å². The number of aryl methyl sites for hydroxylation is 1. The first-order valence-electron chi connectivity index (χ1n) is 7.45. The Balaban J connectivity index is 1.73. The molecule has 1 fully saturated rings. The lowest BCUT2D eigenvalue weighted by Crippen LogP contribution is -2.48. The molecule has 1 aliphatic rings. The van der Waals surface area contributed by atoms with E-state index >= 15 is 0 Å². The molecule has 2 rings (SSSR count). The number of hydrogen-bond donors (Lipinski definition) is 1. The van der Waals surface area contributed by atoms with Crippen molar-refractivity contribution < 1.29 is 4.52 Å². The van der Waals surface area contributed by atoms with Gasteiger partial charge in [0.25, 0.3) is 0 Å². The molecule has 1 aromatic rings. The average Bonchev–Trinajstić information content (AvgIpc) is 2.81. The van der Waals surface area contributed by atoms with Crippen LogP contribution in [0.3, 0.4) is 0 Å². The standard InChI is InChI=1S/C14H26N4O/c1-4-7-15-13-5-8-18(11(2)10-13)9-6-14-16-12(3)17-19-14/h11,13,15H,4-10H2,1-3H3. The molecule has 5 nitrogen and oxygen atoms in total. The van der Waals surface area contributed by atoms with Crippen LogP contribution in [0.15, 0.2) is 4.52 Å². The summed E-state index contributed by atoms with van der Waals surface area (Å²) in [5, 5.41) is 7.46. The lowest BCUT2D eigenvalue weighted by atomic mass is 9.98. The largest absolute Gasteiger partial charge is 0.339 e. The van der Waals surface area contributed by atoms with E-state index in [1.165, 1.54) is 19.3 Å². The van der Waals surface area contributed by atoms with Crippen LogP contribution < -0.4 is 5.32 Å². The summed E-state index contributed by atoms with van der Waals surface area (Å²) in [6.07, 6.45) is 4.55. The molecule has 2 atom stereocenters. The second-order valence-corrected chi connectivity index (χ2v) is 5.55.